The Bertz CT molecular complexity index is 970. The number of amides is 1. The zero-order valence-corrected chi connectivity index (χ0v) is 16.5. The van der Waals surface area contributed by atoms with Crippen molar-refractivity contribution >= 4 is 23.4 Å². The van der Waals surface area contributed by atoms with Crippen molar-refractivity contribution in [3.8, 4) is 11.4 Å². The molecule has 1 aromatic heterocycles. The van der Waals surface area contributed by atoms with Gasteiger partial charge < -0.3 is 10.1 Å². The third-order valence-corrected chi connectivity index (χ3v) is 4.91. The fraction of sp³-hybridized carbons (Fsp3) is 0.263. The molecule has 0 spiro atoms. The molecule has 0 aliphatic carbocycles. The van der Waals surface area contributed by atoms with E-state index in [2.05, 4.69) is 20.8 Å². The molecule has 27 heavy (non-hydrogen) atoms. The van der Waals surface area contributed by atoms with Crippen molar-refractivity contribution in [2.45, 2.75) is 25.9 Å². The molecule has 1 heterocycles. The molecule has 0 saturated heterocycles. The topological polar surface area (TPSA) is 81.9 Å². The van der Waals surface area contributed by atoms with E-state index in [4.69, 9.17) is 4.74 Å². The Morgan fingerprint density at radius 2 is 1.89 bits per heavy atom. The minimum absolute atomic E-state index is 0.153. The molecule has 3 rings (SSSR count). The van der Waals surface area contributed by atoms with Gasteiger partial charge in [-0.3, -0.25) is 4.79 Å². The fourth-order valence-electron chi connectivity index (χ4n) is 2.60. The van der Waals surface area contributed by atoms with Gasteiger partial charge in [0, 0.05) is 0 Å². The van der Waals surface area contributed by atoms with E-state index in [0.29, 0.717) is 16.6 Å². The summed E-state index contributed by atoms with van der Waals surface area (Å²) in [6, 6.07) is 11.7. The van der Waals surface area contributed by atoms with E-state index in [1.807, 2.05) is 57.2 Å². The van der Waals surface area contributed by atoms with Crippen LogP contribution >= 0.6 is 11.8 Å². The number of thioether (sulfide) groups is 1. The molecule has 3 aromatic rings. The standard InChI is InChI=1S/C19H21N5O2S/c1-12-6-8-17(26-4)15(9-12)20-18(25)11-27-19-21-22-23-24(19)16-10-13(2)5-7-14(16)3/h5-10H,11H2,1-4H3,(H,20,25). The highest BCUT2D eigenvalue weighted by molar-refractivity contribution is 7.99. The molecule has 2 aromatic carbocycles. The summed E-state index contributed by atoms with van der Waals surface area (Å²) in [6.45, 7) is 5.98. The summed E-state index contributed by atoms with van der Waals surface area (Å²) in [5.74, 6) is 0.654. The van der Waals surface area contributed by atoms with E-state index in [9.17, 15) is 4.79 Å². The van der Waals surface area contributed by atoms with Crippen molar-refractivity contribution in [1.29, 1.82) is 0 Å². The number of tetrazole rings is 1. The van der Waals surface area contributed by atoms with E-state index >= 15 is 0 Å². The average Bonchev–Trinajstić information content (AvgIpc) is 3.10. The first-order valence-electron chi connectivity index (χ1n) is 8.41. The van der Waals surface area contributed by atoms with Crippen molar-refractivity contribution in [2.24, 2.45) is 0 Å². The van der Waals surface area contributed by atoms with E-state index in [0.717, 1.165) is 22.4 Å². The predicted molar refractivity (Wildman–Crippen MR) is 106 cm³/mol. The number of nitrogens with zero attached hydrogens (tertiary/aromatic N) is 4. The smallest absolute Gasteiger partial charge is 0.234 e. The molecule has 0 saturated carbocycles. The van der Waals surface area contributed by atoms with Crippen LogP contribution in [0.4, 0.5) is 5.69 Å². The Morgan fingerprint density at radius 3 is 2.67 bits per heavy atom. The lowest BCUT2D eigenvalue weighted by Gasteiger charge is -2.11. The van der Waals surface area contributed by atoms with Gasteiger partial charge in [0.15, 0.2) is 0 Å². The largest absolute Gasteiger partial charge is 0.495 e. The first-order valence-corrected chi connectivity index (χ1v) is 9.40. The van der Waals surface area contributed by atoms with Gasteiger partial charge in [0.05, 0.1) is 24.2 Å². The summed E-state index contributed by atoms with van der Waals surface area (Å²) < 4.78 is 6.96. The van der Waals surface area contributed by atoms with Crippen LogP contribution in [0.5, 0.6) is 5.75 Å². The first-order chi connectivity index (χ1) is 13.0. The van der Waals surface area contributed by atoms with Gasteiger partial charge >= 0.3 is 0 Å². The highest BCUT2D eigenvalue weighted by Gasteiger charge is 2.14. The second kappa shape index (κ2) is 8.22. The highest BCUT2D eigenvalue weighted by Crippen LogP contribution is 2.26. The molecule has 0 fully saturated rings. The molecule has 0 unspecified atom stereocenters. The Morgan fingerprint density at radius 1 is 1.15 bits per heavy atom. The summed E-state index contributed by atoms with van der Waals surface area (Å²) in [6.07, 6.45) is 0. The Labute approximate surface area is 162 Å². The number of aryl methyl sites for hydroxylation is 3. The van der Waals surface area contributed by atoms with Crippen LogP contribution in [0.2, 0.25) is 0 Å². The Hall–Kier alpha value is -2.87. The number of anilines is 1. The van der Waals surface area contributed by atoms with Crippen LogP contribution in [0.15, 0.2) is 41.6 Å². The van der Waals surface area contributed by atoms with E-state index in [-0.39, 0.29) is 11.7 Å². The summed E-state index contributed by atoms with van der Waals surface area (Å²) in [4.78, 5) is 12.4. The summed E-state index contributed by atoms with van der Waals surface area (Å²) in [5.41, 5.74) is 4.77. The molecule has 0 atom stereocenters. The lowest BCUT2D eigenvalue weighted by atomic mass is 10.1. The van der Waals surface area contributed by atoms with Crippen LogP contribution in [0, 0.1) is 20.8 Å². The third-order valence-electron chi connectivity index (χ3n) is 4.00. The number of rotatable bonds is 6. The van der Waals surface area contributed by atoms with Gasteiger partial charge in [-0.2, -0.15) is 4.68 Å². The molecular formula is C19H21N5O2S. The van der Waals surface area contributed by atoms with Crippen molar-refractivity contribution in [3.63, 3.8) is 0 Å². The zero-order valence-electron chi connectivity index (χ0n) is 15.7. The maximum Gasteiger partial charge on any atom is 0.234 e. The van der Waals surface area contributed by atoms with Crippen LogP contribution in [-0.4, -0.2) is 39.0 Å². The van der Waals surface area contributed by atoms with Gasteiger partial charge in [-0.05, 0) is 66.1 Å². The summed E-state index contributed by atoms with van der Waals surface area (Å²) in [5, 5.41) is 15.3. The van der Waals surface area contributed by atoms with Gasteiger partial charge in [-0.15, -0.1) is 5.10 Å². The Kier molecular flexibility index (Phi) is 5.75. The van der Waals surface area contributed by atoms with Gasteiger partial charge in [-0.1, -0.05) is 30.0 Å². The maximum atomic E-state index is 12.4. The molecule has 8 heteroatoms. The lowest BCUT2D eigenvalue weighted by Crippen LogP contribution is -2.15. The number of hydrogen-bond donors (Lipinski definition) is 1. The second-order valence-electron chi connectivity index (χ2n) is 6.20. The third kappa shape index (κ3) is 4.46. The molecule has 0 aliphatic heterocycles. The minimum atomic E-state index is -0.153. The van der Waals surface area contributed by atoms with Crippen LogP contribution < -0.4 is 10.1 Å². The number of methoxy groups -OCH3 is 1. The van der Waals surface area contributed by atoms with Gasteiger partial charge in [-0.25, -0.2) is 0 Å². The molecule has 0 radical (unpaired) electrons. The number of carbonyl (C=O) groups is 1. The molecular weight excluding hydrogens is 362 g/mol. The summed E-state index contributed by atoms with van der Waals surface area (Å²) in [7, 11) is 1.58. The number of hydrogen-bond acceptors (Lipinski definition) is 6. The normalized spacial score (nSPS) is 10.7. The lowest BCUT2D eigenvalue weighted by molar-refractivity contribution is -0.113. The number of nitrogens with one attached hydrogen (secondary N) is 1. The number of aromatic nitrogens is 4. The van der Waals surface area contributed by atoms with Crippen molar-refractivity contribution in [2.75, 3.05) is 18.2 Å². The molecule has 1 amide bonds. The minimum Gasteiger partial charge on any atom is -0.495 e. The van der Waals surface area contributed by atoms with Crippen molar-refractivity contribution < 1.29 is 9.53 Å². The van der Waals surface area contributed by atoms with Crippen LogP contribution in [0.25, 0.3) is 5.69 Å². The zero-order chi connectivity index (χ0) is 19.4. The monoisotopic (exact) mass is 383 g/mol. The van der Waals surface area contributed by atoms with Gasteiger partial charge in [0.2, 0.25) is 11.1 Å². The van der Waals surface area contributed by atoms with Gasteiger partial charge in [0.25, 0.3) is 0 Å². The number of carbonyl (C=O) groups excluding carboxylic acids is 1. The second-order valence-corrected chi connectivity index (χ2v) is 7.15. The quantitative estimate of drug-likeness (QED) is 0.658. The van der Waals surface area contributed by atoms with E-state index in [1.54, 1.807) is 11.8 Å². The van der Waals surface area contributed by atoms with Crippen molar-refractivity contribution in [3.05, 3.63) is 53.1 Å². The number of ether oxygens (including phenoxy) is 1. The summed E-state index contributed by atoms with van der Waals surface area (Å²) >= 11 is 1.28. The molecule has 0 aliphatic rings. The molecule has 140 valence electrons. The predicted octanol–water partition coefficient (Wildman–Crippen LogP) is 3.33. The maximum absolute atomic E-state index is 12.4. The molecule has 7 nitrogen and oxygen atoms in total. The number of benzene rings is 2. The SMILES string of the molecule is COc1ccc(C)cc1NC(=O)CSc1nnnn1-c1cc(C)ccc1C. The molecule has 0 bridgehead atoms. The van der Waals surface area contributed by atoms with Crippen LogP contribution in [0.1, 0.15) is 16.7 Å². The highest BCUT2D eigenvalue weighted by atomic mass is 32.2. The van der Waals surface area contributed by atoms with Crippen LogP contribution in [0.3, 0.4) is 0 Å². The van der Waals surface area contributed by atoms with E-state index < -0.39 is 0 Å². The average molecular weight is 383 g/mol. The molecule has 1 N–H and O–H groups in total. The van der Waals surface area contributed by atoms with Gasteiger partial charge in [0.1, 0.15) is 5.75 Å². The first kappa shape index (κ1) is 18.9. The van der Waals surface area contributed by atoms with Crippen molar-refractivity contribution in [1.82, 2.24) is 20.2 Å². The van der Waals surface area contributed by atoms with Crippen LogP contribution in [-0.2, 0) is 4.79 Å². The Balaban J connectivity index is 1.71. The fourth-order valence-corrected chi connectivity index (χ4v) is 3.29. The van der Waals surface area contributed by atoms with E-state index in [1.165, 1.54) is 11.8 Å².